The fourth-order valence-corrected chi connectivity index (χ4v) is 0.908. The lowest BCUT2D eigenvalue weighted by Gasteiger charge is -2.24. The fraction of sp³-hybridized carbons (Fsp3) is 1.00. The molecule has 2 nitrogen and oxygen atoms in total. The maximum Gasteiger partial charge on any atom is 0.0639 e. The molecule has 0 aliphatic carbocycles. The lowest BCUT2D eigenvalue weighted by atomic mass is 10.2. The highest BCUT2D eigenvalue weighted by Crippen LogP contribution is 2.00. The Hall–Kier alpha value is -0.0800. The highest BCUT2D eigenvalue weighted by Gasteiger charge is 2.07. The monoisotopic (exact) mass is 145 g/mol. The summed E-state index contributed by atoms with van der Waals surface area (Å²) in [5.74, 6) is 0. The third kappa shape index (κ3) is 3.85. The fourth-order valence-electron chi connectivity index (χ4n) is 0.908. The highest BCUT2D eigenvalue weighted by molar-refractivity contribution is 4.62. The SMILES string of the molecule is CCC(C)N(C)C[C@H](C)O. The molecular weight excluding hydrogens is 126 g/mol. The number of rotatable bonds is 4. The van der Waals surface area contributed by atoms with E-state index in [9.17, 15) is 0 Å². The van der Waals surface area contributed by atoms with Gasteiger partial charge in [0.15, 0.2) is 0 Å². The van der Waals surface area contributed by atoms with Gasteiger partial charge in [0.25, 0.3) is 0 Å². The molecule has 0 aromatic carbocycles. The van der Waals surface area contributed by atoms with E-state index < -0.39 is 0 Å². The zero-order valence-electron chi connectivity index (χ0n) is 7.46. The number of aliphatic hydroxyl groups is 1. The molecule has 1 N–H and O–H groups in total. The van der Waals surface area contributed by atoms with Crippen molar-refractivity contribution < 1.29 is 5.11 Å². The van der Waals surface area contributed by atoms with Crippen LogP contribution in [-0.2, 0) is 0 Å². The molecule has 0 bridgehead atoms. The van der Waals surface area contributed by atoms with Crippen molar-refractivity contribution in [3.63, 3.8) is 0 Å². The minimum Gasteiger partial charge on any atom is -0.392 e. The predicted octanol–water partition coefficient (Wildman–Crippen LogP) is 1.10. The summed E-state index contributed by atoms with van der Waals surface area (Å²) in [6.45, 7) is 6.92. The molecule has 0 spiro atoms. The summed E-state index contributed by atoms with van der Waals surface area (Å²) in [5, 5.41) is 9.03. The summed E-state index contributed by atoms with van der Waals surface area (Å²) in [7, 11) is 2.04. The van der Waals surface area contributed by atoms with Crippen LogP contribution in [0.3, 0.4) is 0 Å². The van der Waals surface area contributed by atoms with E-state index in [1.165, 1.54) is 0 Å². The first kappa shape index (κ1) is 9.92. The van der Waals surface area contributed by atoms with Crippen molar-refractivity contribution in [1.29, 1.82) is 0 Å². The van der Waals surface area contributed by atoms with Gasteiger partial charge in [-0.15, -0.1) is 0 Å². The Bertz CT molecular complexity index is 83.3. The topological polar surface area (TPSA) is 23.5 Å². The maximum absolute atomic E-state index is 9.03. The van der Waals surface area contributed by atoms with Crippen molar-refractivity contribution in [2.75, 3.05) is 13.6 Å². The van der Waals surface area contributed by atoms with E-state index in [1.54, 1.807) is 0 Å². The van der Waals surface area contributed by atoms with Gasteiger partial charge in [0.2, 0.25) is 0 Å². The molecule has 0 fully saturated rings. The molecule has 2 atom stereocenters. The van der Waals surface area contributed by atoms with Gasteiger partial charge in [0.05, 0.1) is 6.10 Å². The minimum absolute atomic E-state index is 0.209. The van der Waals surface area contributed by atoms with Crippen LogP contribution in [0.15, 0.2) is 0 Å². The van der Waals surface area contributed by atoms with Crippen molar-refractivity contribution in [1.82, 2.24) is 4.90 Å². The Morgan fingerprint density at radius 3 is 2.20 bits per heavy atom. The maximum atomic E-state index is 9.03. The van der Waals surface area contributed by atoms with E-state index in [-0.39, 0.29) is 6.10 Å². The van der Waals surface area contributed by atoms with E-state index in [2.05, 4.69) is 18.7 Å². The summed E-state index contributed by atoms with van der Waals surface area (Å²) in [5.41, 5.74) is 0. The Kier molecular flexibility index (Phi) is 4.65. The third-order valence-corrected chi connectivity index (χ3v) is 1.90. The van der Waals surface area contributed by atoms with Gasteiger partial charge in [0.1, 0.15) is 0 Å². The zero-order valence-corrected chi connectivity index (χ0v) is 7.46. The van der Waals surface area contributed by atoms with Crippen LogP contribution in [-0.4, -0.2) is 35.7 Å². The lowest BCUT2D eigenvalue weighted by Crippen LogP contribution is -2.34. The van der Waals surface area contributed by atoms with Crippen LogP contribution in [0.1, 0.15) is 27.2 Å². The molecule has 1 unspecified atom stereocenters. The van der Waals surface area contributed by atoms with Crippen molar-refractivity contribution in [2.45, 2.75) is 39.3 Å². The molecule has 0 aromatic rings. The van der Waals surface area contributed by atoms with Gasteiger partial charge in [-0.3, -0.25) is 0 Å². The van der Waals surface area contributed by atoms with E-state index in [0.29, 0.717) is 6.04 Å². The van der Waals surface area contributed by atoms with Gasteiger partial charge < -0.3 is 10.0 Å². The number of aliphatic hydroxyl groups excluding tert-OH is 1. The van der Waals surface area contributed by atoms with Crippen LogP contribution in [0.25, 0.3) is 0 Å². The van der Waals surface area contributed by atoms with Gasteiger partial charge in [-0.2, -0.15) is 0 Å². The van der Waals surface area contributed by atoms with E-state index in [4.69, 9.17) is 5.11 Å². The Balaban J connectivity index is 3.50. The van der Waals surface area contributed by atoms with Gasteiger partial charge in [-0.25, -0.2) is 0 Å². The van der Waals surface area contributed by atoms with Crippen molar-refractivity contribution in [3.05, 3.63) is 0 Å². The van der Waals surface area contributed by atoms with Gasteiger partial charge in [-0.05, 0) is 27.3 Å². The van der Waals surface area contributed by atoms with Crippen LogP contribution in [0.2, 0.25) is 0 Å². The number of nitrogens with zero attached hydrogens (tertiary/aromatic N) is 1. The van der Waals surface area contributed by atoms with Crippen LogP contribution in [0.4, 0.5) is 0 Å². The normalized spacial score (nSPS) is 17.4. The van der Waals surface area contributed by atoms with Gasteiger partial charge >= 0.3 is 0 Å². The Morgan fingerprint density at radius 2 is 1.90 bits per heavy atom. The Labute approximate surface area is 63.8 Å². The largest absolute Gasteiger partial charge is 0.392 e. The quantitative estimate of drug-likeness (QED) is 0.640. The molecular formula is C8H19NO. The molecule has 0 aromatic heterocycles. The van der Waals surface area contributed by atoms with Crippen LogP contribution < -0.4 is 0 Å². The minimum atomic E-state index is -0.209. The molecule has 0 saturated carbocycles. The van der Waals surface area contributed by atoms with Gasteiger partial charge in [-0.1, -0.05) is 6.92 Å². The van der Waals surface area contributed by atoms with Crippen molar-refractivity contribution in [3.8, 4) is 0 Å². The molecule has 0 saturated heterocycles. The second kappa shape index (κ2) is 4.69. The molecule has 0 radical (unpaired) electrons. The Morgan fingerprint density at radius 1 is 1.40 bits per heavy atom. The number of hydrogen-bond acceptors (Lipinski definition) is 2. The standard InChI is InChI=1S/C8H19NO/c1-5-7(2)9(4)6-8(3)10/h7-8,10H,5-6H2,1-4H3/t7?,8-/m0/s1. The van der Waals surface area contributed by atoms with Gasteiger partial charge in [0, 0.05) is 12.6 Å². The van der Waals surface area contributed by atoms with Crippen LogP contribution >= 0.6 is 0 Å². The second-order valence-corrected chi connectivity index (χ2v) is 3.05. The highest BCUT2D eigenvalue weighted by atomic mass is 16.3. The lowest BCUT2D eigenvalue weighted by molar-refractivity contribution is 0.120. The smallest absolute Gasteiger partial charge is 0.0639 e. The first-order valence-corrected chi connectivity index (χ1v) is 3.96. The molecule has 0 aliphatic heterocycles. The first-order chi connectivity index (χ1) is 4.57. The first-order valence-electron chi connectivity index (χ1n) is 3.96. The molecule has 0 heterocycles. The number of hydrogen-bond donors (Lipinski definition) is 1. The van der Waals surface area contributed by atoms with E-state index in [0.717, 1.165) is 13.0 Å². The van der Waals surface area contributed by atoms with Crippen LogP contribution in [0.5, 0.6) is 0 Å². The summed E-state index contributed by atoms with van der Waals surface area (Å²) in [6.07, 6.45) is 0.933. The zero-order chi connectivity index (χ0) is 8.15. The average molecular weight is 145 g/mol. The molecule has 0 aliphatic rings. The summed E-state index contributed by atoms with van der Waals surface area (Å²) in [6, 6.07) is 0.578. The van der Waals surface area contributed by atoms with Crippen LogP contribution in [0, 0.1) is 0 Å². The molecule has 10 heavy (non-hydrogen) atoms. The third-order valence-electron chi connectivity index (χ3n) is 1.90. The number of likely N-dealkylation sites (N-methyl/N-ethyl adjacent to an activating group) is 1. The molecule has 0 amide bonds. The summed E-state index contributed by atoms with van der Waals surface area (Å²) < 4.78 is 0. The van der Waals surface area contributed by atoms with E-state index >= 15 is 0 Å². The van der Waals surface area contributed by atoms with Crippen molar-refractivity contribution in [2.24, 2.45) is 0 Å². The van der Waals surface area contributed by atoms with Crippen molar-refractivity contribution >= 4 is 0 Å². The van der Waals surface area contributed by atoms with E-state index in [1.807, 2.05) is 14.0 Å². The second-order valence-electron chi connectivity index (χ2n) is 3.05. The summed E-state index contributed by atoms with van der Waals surface area (Å²) in [4.78, 5) is 2.17. The average Bonchev–Trinajstić information content (AvgIpc) is 1.85. The summed E-state index contributed by atoms with van der Waals surface area (Å²) >= 11 is 0. The molecule has 0 rings (SSSR count). The molecule has 62 valence electrons. The molecule has 2 heteroatoms. The predicted molar refractivity (Wildman–Crippen MR) is 44.1 cm³/mol.